The van der Waals surface area contributed by atoms with Crippen LogP contribution in [0.25, 0.3) is 0 Å². The van der Waals surface area contributed by atoms with E-state index in [-0.39, 0.29) is 6.54 Å². The molecule has 1 aliphatic rings. The van der Waals surface area contributed by atoms with E-state index in [9.17, 15) is 5.11 Å². The lowest BCUT2D eigenvalue weighted by molar-refractivity contribution is 0.0437. The topological polar surface area (TPSA) is 73.0 Å². The van der Waals surface area contributed by atoms with Gasteiger partial charge in [-0.05, 0) is 56.8 Å². The summed E-state index contributed by atoms with van der Waals surface area (Å²) in [6.45, 7) is 9.05. The van der Waals surface area contributed by atoms with Gasteiger partial charge in [0, 0.05) is 26.2 Å². The number of benzene rings is 1. The highest BCUT2D eigenvalue weighted by Gasteiger charge is 2.26. The van der Waals surface area contributed by atoms with Gasteiger partial charge in [-0.15, -0.1) is 0 Å². The molecule has 0 saturated carbocycles. The van der Waals surface area contributed by atoms with Crippen LogP contribution in [-0.2, 0) is 12.0 Å². The molecular weight excluding hydrogens is 364 g/mol. The maximum atomic E-state index is 10.6. The Morgan fingerprint density at radius 3 is 2.79 bits per heavy atom. The number of aliphatic imine (C=N–C) groups is 1. The number of aliphatic hydroxyl groups is 1. The number of nitrogens with zero attached hydrogens (tertiary/aromatic N) is 2. The second-order valence-electron chi connectivity index (χ2n) is 8.02. The Morgan fingerprint density at radius 1 is 1.24 bits per heavy atom. The van der Waals surface area contributed by atoms with Gasteiger partial charge in [0.1, 0.15) is 11.4 Å². The molecule has 0 amide bonds. The van der Waals surface area contributed by atoms with Gasteiger partial charge in [0.2, 0.25) is 0 Å². The molecule has 0 radical (unpaired) electrons. The van der Waals surface area contributed by atoms with Gasteiger partial charge in [0.15, 0.2) is 5.96 Å². The molecule has 2 atom stereocenters. The molecule has 2 aromatic rings. The number of furan rings is 1. The summed E-state index contributed by atoms with van der Waals surface area (Å²) in [6, 6.07) is 14.2. The number of hydrogen-bond acceptors (Lipinski definition) is 4. The summed E-state index contributed by atoms with van der Waals surface area (Å²) in [7, 11) is 0. The van der Waals surface area contributed by atoms with Crippen LogP contribution >= 0.6 is 0 Å². The number of likely N-dealkylation sites (tertiary alicyclic amines) is 1. The Balaban J connectivity index is 1.44. The maximum absolute atomic E-state index is 10.6. The number of hydrogen-bond donors (Lipinski definition) is 3. The lowest BCUT2D eigenvalue weighted by atomic mass is 10.0. The fourth-order valence-electron chi connectivity index (χ4n) is 3.69. The smallest absolute Gasteiger partial charge is 0.191 e. The van der Waals surface area contributed by atoms with Crippen LogP contribution in [0.2, 0.25) is 0 Å². The Labute approximate surface area is 174 Å². The third-order valence-electron chi connectivity index (χ3n) is 5.43. The van der Waals surface area contributed by atoms with Crippen LogP contribution < -0.4 is 10.6 Å². The molecule has 1 aromatic heterocycles. The van der Waals surface area contributed by atoms with Crippen molar-refractivity contribution in [2.45, 2.75) is 32.3 Å². The summed E-state index contributed by atoms with van der Waals surface area (Å²) in [5, 5.41) is 17.3. The number of nitrogens with one attached hydrogen (secondary N) is 2. The first-order valence-corrected chi connectivity index (χ1v) is 10.6. The van der Waals surface area contributed by atoms with Crippen molar-refractivity contribution in [1.82, 2.24) is 15.5 Å². The third-order valence-corrected chi connectivity index (χ3v) is 5.43. The molecule has 1 saturated heterocycles. The summed E-state index contributed by atoms with van der Waals surface area (Å²) in [6.07, 6.45) is 3.87. The quantitative estimate of drug-likeness (QED) is 0.447. The van der Waals surface area contributed by atoms with E-state index in [1.807, 2.05) is 6.92 Å². The molecule has 0 spiro atoms. The molecule has 1 fully saturated rings. The molecule has 0 bridgehead atoms. The predicted molar refractivity (Wildman–Crippen MR) is 117 cm³/mol. The van der Waals surface area contributed by atoms with Crippen LogP contribution in [0.5, 0.6) is 0 Å². The fourth-order valence-corrected chi connectivity index (χ4v) is 3.69. The van der Waals surface area contributed by atoms with Crippen LogP contribution in [0.15, 0.2) is 58.1 Å². The largest absolute Gasteiger partial charge is 0.466 e. The second kappa shape index (κ2) is 10.5. The van der Waals surface area contributed by atoms with Gasteiger partial charge in [0.25, 0.3) is 0 Å². The van der Waals surface area contributed by atoms with Crippen LogP contribution in [0.1, 0.15) is 31.6 Å². The van der Waals surface area contributed by atoms with Crippen molar-refractivity contribution in [3.63, 3.8) is 0 Å². The first-order valence-electron chi connectivity index (χ1n) is 10.6. The highest BCUT2D eigenvalue weighted by Crippen LogP contribution is 2.21. The highest BCUT2D eigenvalue weighted by atomic mass is 16.4. The molecule has 158 valence electrons. The molecular formula is C23H34N4O2. The van der Waals surface area contributed by atoms with Gasteiger partial charge >= 0.3 is 0 Å². The van der Waals surface area contributed by atoms with E-state index >= 15 is 0 Å². The van der Waals surface area contributed by atoms with Crippen LogP contribution in [0.3, 0.4) is 0 Å². The minimum atomic E-state index is -1.12. The Bertz CT molecular complexity index is 744. The predicted octanol–water partition coefficient (Wildman–Crippen LogP) is 2.61. The zero-order valence-corrected chi connectivity index (χ0v) is 17.6. The molecule has 3 rings (SSSR count). The summed E-state index contributed by atoms with van der Waals surface area (Å²) >= 11 is 0. The zero-order chi connectivity index (χ0) is 20.5. The standard InChI is InChI=1S/C23H34N4O2/c1-3-24-22(26-18-23(2,28)21-10-7-15-29-21)25-16-20-12-14-27(17-20)13-11-19-8-5-4-6-9-19/h4-10,15,20,28H,3,11-14,16-18H2,1-2H3,(H2,24,25,26). The molecule has 1 aromatic carbocycles. The molecule has 2 unspecified atom stereocenters. The van der Waals surface area contributed by atoms with Crippen molar-refractivity contribution in [1.29, 1.82) is 0 Å². The average molecular weight is 399 g/mol. The molecule has 3 N–H and O–H groups in total. The van der Waals surface area contributed by atoms with Crippen molar-refractivity contribution >= 4 is 5.96 Å². The fraction of sp³-hybridized carbons (Fsp3) is 0.522. The maximum Gasteiger partial charge on any atom is 0.191 e. The van der Waals surface area contributed by atoms with Crippen LogP contribution in [0.4, 0.5) is 0 Å². The Hall–Kier alpha value is -2.31. The summed E-state index contributed by atoms with van der Waals surface area (Å²) < 4.78 is 5.33. The summed E-state index contributed by atoms with van der Waals surface area (Å²) in [5.41, 5.74) is 0.284. The van der Waals surface area contributed by atoms with E-state index in [0.717, 1.165) is 45.1 Å². The van der Waals surface area contributed by atoms with Crippen LogP contribution in [-0.4, -0.2) is 55.2 Å². The molecule has 29 heavy (non-hydrogen) atoms. The van der Waals surface area contributed by atoms with Crippen molar-refractivity contribution in [3.05, 3.63) is 60.1 Å². The molecule has 1 aliphatic heterocycles. The lowest BCUT2D eigenvalue weighted by Gasteiger charge is -2.20. The average Bonchev–Trinajstić information content (AvgIpc) is 3.42. The van der Waals surface area contributed by atoms with Gasteiger partial charge in [-0.25, -0.2) is 4.99 Å². The highest BCUT2D eigenvalue weighted by molar-refractivity contribution is 5.79. The number of guanidine groups is 1. The minimum absolute atomic E-state index is 0.240. The van der Waals surface area contributed by atoms with E-state index in [4.69, 9.17) is 4.42 Å². The number of rotatable bonds is 9. The van der Waals surface area contributed by atoms with E-state index in [1.54, 1.807) is 25.3 Å². The van der Waals surface area contributed by atoms with Crippen molar-refractivity contribution in [2.75, 3.05) is 39.3 Å². The van der Waals surface area contributed by atoms with Gasteiger partial charge in [-0.1, -0.05) is 30.3 Å². The van der Waals surface area contributed by atoms with Gasteiger partial charge in [-0.2, -0.15) is 0 Å². The third kappa shape index (κ3) is 6.61. The van der Waals surface area contributed by atoms with Gasteiger partial charge in [0.05, 0.1) is 12.8 Å². The van der Waals surface area contributed by atoms with Crippen LogP contribution in [0, 0.1) is 5.92 Å². The Morgan fingerprint density at radius 2 is 2.07 bits per heavy atom. The van der Waals surface area contributed by atoms with E-state index < -0.39 is 5.60 Å². The van der Waals surface area contributed by atoms with Gasteiger partial charge in [-0.3, -0.25) is 0 Å². The van der Waals surface area contributed by atoms with E-state index in [1.165, 1.54) is 12.0 Å². The van der Waals surface area contributed by atoms with Crippen molar-refractivity contribution < 1.29 is 9.52 Å². The normalized spacial score (nSPS) is 19.8. The van der Waals surface area contributed by atoms with Gasteiger partial charge < -0.3 is 25.1 Å². The van der Waals surface area contributed by atoms with E-state index in [2.05, 4.69) is 50.9 Å². The molecule has 0 aliphatic carbocycles. The molecule has 6 nitrogen and oxygen atoms in total. The van der Waals surface area contributed by atoms with Crippen molar-refractivity contribution in [3.8, 4) is 0 Å². The lowest BCUT2D eigenvalue weighted by Crippen LogP contribution is -2.41. The minimum Gasteiger partial charge on any atom is -0.466 e. The first kappa shape index (κ1) is 21.4. The summed E-state index contributed by atoms with van der Waals surface area (Å²) in [4.78, 5) is 7.11. The molecule has 2 heterocycles. The molecule has 6 heteroatoms. The van der Waals surface area contributed by atoms with Crippen molar-refractivity contribution in [2.24, 2.45) is 10.9 Å². The van der Waals surface area contributed by atoms with E-state index in [0.29, 0.717) is 11.7 Å². The second-order valence-corrected chi connectivity index (χ2v) is 8.02. The first-order chi connectivity index (χ1) is 14.1. The SMILES string of the molecule is CCNC(=NCC(C)(O)c1ccco1)NCC1CCN(CCc2ccccc2)C1. The summed E-state index contributed by atoms with van der Waals surface area (Å²) in [5.74, 6) is 1.88. The zero-order valence-electron chi connectivity index (χ0n) is 17.6. The monoisotopic (exact) mass is 398 g/mol. The Kier molecular flexibility index (Phi) is 7.72.